The molecular weight excluding hydrogens is 238 g/mol. The average Bonchev–Trinajstić information content (AvgIpc) is 2.39. The Labute approximate surface area is 115 Å². The maximum Gasteiger partial charge on any atom is 0.128 e. The molecule has 1 heterocycles. The van der Waals surface area contributed by atoms with Gasteiger partial charge in [-0.25, -0.2) is 0 Å². The lowest BCUT2D eigenvalue weighted by Crippen LogP contribution is -2.31. The van der Waals surface area contributed by atoms with Crippen molar-refractivity contribution < 1.29 is 9.47 Å². The van der Waals surface area contributed by atoms with Crippen molar-refractivity contribution in [1.82, 2.24) is 0 Å². The molecule has 0 aromatic heterocycles. The number of nitrogens with zero attached hydrogens (tertiary/aromatic N) is 1. The monoisotopic (exact) mass is 261 g/mol. The van der Waals surface area contributed by atoms with E-state index >= 15 is 0 Å². The highest BCUT2D eigenvalue weighted by Crippen LogP contribution is 2.22. The highest BCUT2D eigenvalue weighted by atomic mass is 16.5. The lowest BCUT2D eigenvalue weighted by atomic mass is 9.92. The summed E-state index contributed by atoms with van der Waals surface area (Å²) < 4.78 is 11.8. The van der Waals surface area contributed by atoms with Crippen LogP contribution in [0.3, 0.4) is 0 Å². The maximum atomic E-state index is 5.95. The molecule has 1 atom stereocenters. The first-order valence-corrected chi connectivity index (χ1v) is 6.94. The normalized spacial score (nSPS) is 20.9. The number of hydrogen-bond donors (Lipinski definition) is 0. The van der Waals surface area contributed by atoms with Gasteiger partial charge in [0.1, 0.15) is 18.5 Å². The van der Waals surface area contributed by atoms with Gasteiger partial charge in [0.25, 0.3) is 0 Å². The fraction of sp³-hybridized carbons (Fsp3) is 0.562. The van der Waals surface area contributed by atoms with Crippen molar-refractivity contribution in [2.45, 2.75) is 33.3 Å². The van der Waals surface area contributed by atoms with E-state index in [1.165, 1.54) is 0 Å². The van der Waals surface area contributed by atoms with Gasteiger partial charge in [0.2, 0.25) is 0 Å². The van der Waals surface area contributed by atoms with Gasteiger partial charge in [-0.15, -0.1) is 0 Å². The average molecular weight is 261 g/mol. The molecule has 0 saturated carbocycles. The minimum atomic E-state index is 0.0374. The fourth-order valence-electron chi connectivity index (χ4n) is 1.77. The van der Waals surface area contributed by atoms with Crippen molar-refractivity contribution in [3.05, 3.63) is 29.8 Å². The van der Waals surface area contributed by atoms with Crippen molar-refractivity contribution >= 4 is 6.21 Å². The van der Waals surface area contributed by atoms with Crippen LogP contribution >= 0.6 is 0 Å². The van der Waals surface area contributed by atoms with Gasteiger partial charge >= 0.3 is 0 Å². The molecule has 1 aromatic rings. The molecule has 3 heteroatoms. The standard InChI is InChI=1S/C16H23NO2/c1-4-16(2,3)12-19-14-10-17-9-13-7-5-6-8-15(13)18-11-14/h5-9,14H,4,10-12H2,1-3H3/b17-9-. The summed E-state index contributed by atoms with van der Waals surface area (Å²) in [5.41, 5.74) is 1.25. The predicted molar refractivity (Wildman–Crippen MR) is 78.2 cm³/mol. The van der Waals surface area contributed by atoms with Crippen LogP contribution in [0.25, 0.3) is 0 Å². The Morgan fingerprint density at radius 2 is 2.16 bits per heavy atom. The summed E-state index contributed by atoms with van der Waals surface area (Å²) in [7, 11) is 0. The van der Waals surface area contributed by atoms with Gasteiger partial charge in [0.05, 0.1) is 13.2 Å². The van der Waals surface area contributed by atoms with E-state index in [2.05, 4.69) is 25.8 Å². The van der Waals surface area contributed by atoms with Gasteiger partial charge < -0.3 is 9.47 Å². The number of rotatable bonds is 4. The molecule has 3 nitrogen and oxygen atoms in total. The van der Waals surface area contributed by atoms with E-state index in [4.69, 9.17) is 9.47 Å². The molecule has 2 rings (SSSR count). The van der Waals surface area contributed by atoms with Crippen LogP contribution in [0.15, 0.2) is 29.3 Å². The summed E-state index contributed by atoms with van der Waals surface area (Å²) in [5.74, 6) is 0.884. The Morgan fingerprint density at radius 1 is 1.37 bits per heavy atom. The molecule has 1 aliphatic heterocycles. The lowest BCUT2D eigenvalue weighted by Gasteiger charge is -2.26. The topological polar surface area (TPSA) is 30.8 Å². The van der Waals surface area contributed by atoms with Crippen molar-refractivity contribution in [3.8, 4) is 5.75 Å². The minimum absolute atomic E-state index is 0.0374. The number of para-hydroxylation sites is 1. The Bertz CT molecular complexity index is 440. The third-order valence-electron chi connectivity index (χ3n) is 3.55. The van der Waals surface area contributed by atoms with Crippen LogP contribution in [0.4, 0.5) is 0 Å². The molecule has 1 unspecified atom stereocenters. The second-order valence-electron chi connectivity index (χ2n) is 5.79. The smallest absolute Gasteiger partial charge is 0.128 e. The number of benzene rings is 1. The third-order valence-corrected chi connectivity index (χ3v) is 3.55. The van der Waals surface area contributed by atoms with Crippen molar-refractivity contribution in [2.75, 3.05) is 19.8 Å². The van der Waals surface area contributed by atoms with Crippen LogP contribution < -0.4 is 4.74 Å². The first-order chi connectivity index (χ1) is 9.11. The number of hydrogen-bond acceptors (Lipinski definition) is 3. The molecule has 19 heavy (non-hydrogen) atoms. The summed E-state index contributed by atoms with van der Waals surface area (Å²) in [5, 5.41) is 0. The number of ether oxygens (including phenoxy) is 2. The van der Waals surface area contributed by atoms with E-state index in [0.29, 0.717) is 13.2 Å². The summed E-state index contributed by atoms with van der Waals surface area (Å²) in [6.07, 6.45) is 3.01. The SMILES string of the molecule is CCC(C)(C)COC1C/N=C\c2ccccc2OC1. The Hall–Kier alpha value is -1.35. The quantitative estimate of drug-likeness (QED) is 0.832. The zero-order valence-electron chi connectivity index (χ0n) is 12.1. The van der Waals surface area contributed by atoms with Gasteiger partial charge in [0, 0.05) is 11.8 Å². The molecule has 0 bridgehead atoms. The highest BCUT2D eigenvalue weighted by Gasteiger charge is 2.20. The molecule has 0 radical (unpaired) electrons. The summed E-state index contributed by atoms with van der Waals surface area (Å²) in [4.78, 5) is 4.45. The van der Waals surface area contributed by atoms with Crippen molar-refractivity contribution in [3.63, 3.8) is 0 Å². The predicted octanol–water partition coefficient (Wildman–Crippen LogP) is 3.32. The molecule has 0 amide bonds. The molecule has 0 aliphatic carbocycles. The van der Waals surface area contributed by atoms with Gasteiger partial charge in [-0.05, 0) is 24.0 Å². The summed E-state index contributed by atoms with van der Waals surface area (Å²) in [6.45, 7) is 8.59. The zero-order valence-corrected chi connectivity index (χ0v) is 12.1. The first-order valence-electron chi connectivity index (χ1n) is 6.94. The second kappa shape index (κ2) is 6.20. The molecule has 0 spiro atoms. The van der Waals surface area contributed by atoms with Crippen LogP contribution in [-0.2, 0) is 4.74 Å². The maximum absolute atomic E-state index is 5.95. The molecule has 1 aliphatic rings. The van der Waals surface area contributed by atoms with Gasteiger partial charge in [-0.3, -0.25) is 4.99 Å². The molecule has 0 N–H and O–H groups in total. The highest BCUT2D eigenvalue weighted by molar-refractivity contribution is 5.83. The molecule has 0 saturated heterocycles. The van der Waals surface area contributed by atoms with Crippen LogP contribution in [0.2, 0.25) is 0 Å². The summed E-state index contributed by atoms with van der Waals surface area (Å²) in [6, 6.07) is 7.96. The second-order valence-corrected chi connectivity index (χ2v) is 5.79. The third kappa shape index (κ3) is 4.06. The molecule has 104 valence electrons. The van der Waals surface area contributed by atoms with Crippen molar-refractivity contribution in [2.24, 2.45) is 10.4 Å². The van der Waals surface area contributed by atoms with Gasteiger partial charge in [-0.2, -0.15) is 0 Å². The molecular formula is C16H23NO2. The van der Waals surface area contributed by atoms with Crippen LogP contribution in [0.1, 0.15) is 32.8 Å². The summed E-state index contributed by atoms with van der Waals surface area (Å²) >= 11 is 0. The Morgan fingerprint density at radius 3 is 2.95 bits per heavy atom. The lowest BCUT2D eigenvalue weighted by molar-refractivity contribution is -0.0155. The Kier molecular flexibility index (Phi) is 4.59. The van der Waals surface area contributed by atoms with Crippen molar-refractivity contribution in [1.29, 1.82) is 0 Å². The number of aliphatic imine (C=N–C) groups is 1. The van der Waals surface area contributed by atoms with Gasteiger partial charge in [0.15, 0.2) is 0 Å². The van der Waals surface area contributed by atoms with Crippen LogP contribution in [0, 0.1) is 5.41 Å². The van der Waals surface area contributed by atoms with E-state index in [1.54, 1.807) is 0 Å². The largest absolute Gasteiger partial charge is 0.490 e. The van der Waals surface area contributed by atoms with E-state index in [-0.39, 0.29) is 11.5 Å². The fourth-order valence-corrected chi connectivity index (χ4v) is 1.77. The van der Waals surface area contributed by atoms with Crippen LogP contribution in [0.5, 0.6) is 5.75 Å². The van der Waals surface area contributed by atoms with E-state index in [9.17, 15) is 0 Å². The zero-order chi connectivity index (χ0) is 13.7. The van der Waals surface area contributed by atoms with E-state index in [1.807, 2.05) is 30.5 Å². The minimum Gasteiger partial charge on any atom is -0.490 e. The van der Waals surface area contributed by atoms with E-state index in [0.717, 1.165) is 24.3 Å². The number of fused-ring (bicyclic) bond motifs is 1. The first kappa shape index (κ1) is 14.1. The van der Waals surface area contributed by atoms with Crippen LogP contribution in [-0.4, -0.2) is 32.1 Å². The molecule has 1 aromatic carbocycles. The van der Waals surface area contributed by atoms with E-state index < -0.39 is 0 Å². The van der Waals surface area contributed by atoms with Gasteiger partial charge in [-0.1, -0.05) is 32.9 Å². The molecule has 0 fully saturated rings. The Balaban J connectivity index is 1.94.